The second-order valence-corrected chi connectivity index (χ2v) is 8.50. The van der Waals surface area contributed by atoms with Gasteiger partial charge in [0.15, 0.2) is 11.5 Å². The van der Waals surface area contributed by atoms with E-state index in [-0.39, 0.29) is 4.31 Å². The molecule has 2 N–H and O–H groups in total. The van der Waals surface area contributed by atoms with E-state index in [9.17, 15) is 40.0 Å². The maximum Gasteiger partial charge on any atom is 0.416 e. The number of alkyl halides is 6. The topological polar surface area (TPSA) is 105 Å². The lowest BCUT2D eigenvalue weighted by Crippen LogP contribution is -2.39. The predicted molar refractivity (Wildman–Crippen MR) is 96.0 cm³/mol. The van der Waals surface area contributed by atoms with E-state index < -0.39 is 67.4 Å². The largest absolute Gasteiger partial charge is 0.416 e. The molecule has 2 aromatic rings. The average Bonchev–Trinajstić information content (AvgIpc) is 2.85. The number of sulfonamides is 1. The Bertz CT molecular complexity index is 1110. The second-order valence-electron chi connectivity index (χ2n) is 5.78. The summed E-state index contributed by atoms with van der Waals surface area (Å²) in [7, 11) is -4.61. The summed E-state index contributed by atoms with van der Waals surface area (Å²) in [5.41, 5.74) is 2.22. The number of rotatable bonds is 4. The molecule has 0 spiro atoms. The highest BCUT2D eigenvalue weighted by Crippen LogP contribution is 2.40. The van der Waals surface area contributed by atoms with E-state index in [1.807, 2.05) is 0 Å². The van der Waals surface area contributed by atoms with Crippen LogP contribution in [0.25, 0.3) is 5.69 Å². The number of nitrogen functional groups attached to an aromatic ring is 1. The van der Waals surface area contributed by atoms with Crippen LogP contribution < -0.4 is 10.0 Å². The first-order valence-electron chi connectivity index (χ1n) is 7.37. The van der Waals surface area contributed by atoms with Gasteiger partial charge in [-0.1, -0.05) is 23.2 Å². The normalized spacial score (nSPS) is 12.7. The van der Waals surface area contributed by atoms with E-state index in [1.165, 1.54) is 6.07 Å². The molecule has 164 valence electrons. The molecule has 0 saturated carbocycles. The maximum atomic E-state index is 12.9. The molecule has 16 heteroatoms. The zero-order valence-electron chi connectivity index (χ0n) is 14.5. The third kappa shape index (κ3) is 4.85. The van der Waals surface area contributed by atoms with Crippen molar-refractivity contribution in [3.05, 3.63) is 33.4 Å². The lowest BCUT2D eigenvalue weighted by Gasteiger charge is -2.23. The summed E-state index contributed by atoms with van der Waals surface area (Å²) in [4.78, 5) is 0. The van der Waals surface area contributed by atoms with E-state index in [1.54, 1.807) is 0 Å². The third-order valence-electron chi connectivity index (χ3n) is 3.53. The molecule has 0 saturated heterocycles. The minimum absolute atomic E-state index is 0.198. The SMILES string of the molecule is CS(=O)(=O)N(CC(F)(F)F)c1c(C#N)nn(-c2c(Cl)cc(C(F)(F)F)cc2Cl)c1N. The number of halogens is 8. The molecule has 0 aliphatic rings. The molecule has 30 heavy (non-hydrogen) atoms. The molecule has 0 unspecified atom stereocenters. The minimum atomic E-state index is -5.02. The molecule has 2 rings (SSSR count). The number of hydrogen-bond acceptors (Lipinski definition) is 5. The predicted octanol–water partition coefficient (Wildman–Crippen LogP) is 3.98. The van der Waals surface area contributed by atoms with Crippen molar-refractivity contribution in [3.8, 4) is 11.8 Å². The Morgan fingerprint density at radius 1 is 1.20 bits per heavy atom. The van der Waals surface area contributed by atoms with Crippen molar-refractivity contribution in [2.75, 3.05) is 22.8 Å². The monoisotopic (exact) mass is 495 g/mol. The summed E-state index contributed by atoms with van der Waals surface area (Å²) in [6, 6.07) is 2.30. The lowest BCUT2D eigenvalue weighted by molar-refractivity contribution is -0.137. The zero-order valence-corrected chi connectivity index (χ0v) is 16.8. The second kappa shape index (κ2) is 7.71. The number of nitriles is 1. The van der Waals surface area contributed by atoms with E-state index in [2.05, 4.69) is 5.10 Å². The van der Waals surface area contributed by atoms with Gasteiger partial charge in [0, 0.05) is 0 Å². The Kier molecular flexibility index (Phi) is 6.14. The molecular weight excluding hydrogens is 487 g/mol. The van der Waals surface area contributed by atoms with Crippen LogP contribution in [0.4, 0.5) is 37.8 Å². The molecule has 0 atom stereocenters. The number of hydrogen-bond donors (Lipinski definition) is 1. The fourth-order valence-electron chi connectivity index (χ4n) is 2.37. The van der Waals surface area contributed by atoms with Crippen molar-refractivity contribution in [3.63, 3.8) is 0 Å². The molecule has 0 amide bonds. The van der Waals surface area contributed by atoms with E-state index in [4.69, 9.17) is 28.9 Å². The number of nitrogens with two attached hydrogens (primary N) is 1. The smallest absolute Gasteiger partial charge is 0.382 e. The van der Waals surface area contributed by atoms with Crippen molar-refractivity contribution in [1.82, 2.24) is 9.78 Å². The molecule has 0 fully saturated rings. The number of benzene rings is 1. The highest BCUT2D eigenvalue weighted by molar-refractivity contribution is 7.92. The van der Waals surface area contributed by atoms with Gasteiger partial charge >= 0.3 is 12.4 Å². The molecular formula is C14H9Cl2F6N5O2S. The van der Waals surface area contributed by atoms with Crippen molar-refractivity contribution in [2.24, 2.45) is 0 Å². The Balaban J connectivity index is 2.79. The molecule has 7 nitrogen and oxygen atoms in total. The van der Waals surface area contributed by atoms with Gasteiger partial charge in [-0.15, -0.1) is 0 Å². The van der Waals surface area contributed by atoms with Gasteiger partial charge in [-0.25, -0.2) is 13.1 Å². The number of anilines is 2. The molecule has 0 radical (unpaired) electrons. The van der Waals surface area contributed by atoms with Gasteiger partial charge in [-0.3, -0.25) is 4.31 Å². The Morgan fingerprint density at radius 3 is 2.07 bits per heavy atom. The van der Waals surface area contributed by atoms with Crippen LogP contribution in [0.3, 0.4) is 0 Å². The summed E-state index contributed by atoms with van der Waals surface area (Å²) in [6.07, 6.45) is -9.40. The lowest BCUT2D eigenvalue weighted by atomic mass is 10.2. The molecule has 1 aromatic carbocycles. The van der Waals surface area contributed by atoms with Crippen molar-refractivity contribution >= 4 is 44.7 Å². The van der Waals surface area contributed by atoms with Crippen LogP contribution >= 0.6 is 23.2 Å². The number of aromatic nitrogens is 2. The van der Waals surface area contributed by atoms with Crippen LogP contribution in [0.15, 0.2) is 12.1 Å². The van der Waals surface area contributed by atoms with E-state index in [0.717, 1.165) is 0 Å². The zero-order chi connectivity index (χ0) is 23.2. The van der Waals surface area contributed by atoms with Crippen LogP contribution in [0.5, 0.6) is 0 Å². The fourth-order valence-corrected chi connectivity index (χ4v) is 3.91. The highest BCUT2D eigenvalue weighted by Gasteiger charge is 2.39. The number of nitrogens with zero attached hydrogens (tertiary/aromatic N) is 4. The summed E-state index contributed by atoms with van der Waals surface area (Å²) in [5.74, 6) is -0.815. The standard InChI is InChI=1S/C14H9Cl2F6N5O2S/c1-30(28,29)26(5-13(17,18)19)11-9(4-23)25-27(12(11)24)10-7(15)2-6(3-8(10)16)14(20,21)22/h2-3H,5,24H2,1H3. The quantitative estimate of drug-likeness (QED) is 0.645. The summed E-state index contributed by atoms with van der Waals surface area (Å²) >= 11 is 11.7. The maximum absolute atomic E-state index is 12.9. The molecule has 0 aliphatic carbocycles. The van der Waals surface area contributed by atoms with Gasteiger partial charge in [0.2, 0.25) is 10.0 Å². The van der Waals surface area contributed by atoms with Gasteiger partial charge in [0.05, 0.1) is 21.9 Å². The van der Waals surface area contributed by atoms with Crippen LogP contribution in [0, 0.1) is 11.3 Å². The van der Waals surface area contributed by atoms with Gasteiger partial charge < -0.3 is 5.73 Å². The first-order valence-corrected chi connectivity index (χ1v) is 9.97. The summed E-state index contributed by atoms with van der Waals surface area (Å²) in [6.45, 7) is -2.04. The summed E-state index contributed by atoms with van der Waals surface area (Å²) in [5, 5.41) is 11.5. The summed E-state index contributed by atoms with van der Waals surface area (Å²) < 4.78 is 101. The minimum Gasteiger partial charge on any atom is -0.382 e. The van der Waals surface area contributed by atoms with Crippen molar-refractivity contribution < 1.29 is 34.8 Å². The molecule has 0 bridgehead atoms. The van der Waals surface area contributed by atoms with E-state index in [0.29, 0.717) is 23.1 Å². The van der Waals surface area contributed by atoms with E-state index >= 15 is 0 Å². The van der Waals surface area contributed by atoms with Crippen LogP contribution in [0.1, 0.15) is 11.3 Å². The third-order valence-corrected chi connectivity index (χ3v) is 5.22. The highest BCUT2D eigenvalue weighted by atomic mass is 35.5. The first kappa shape index (κ1) is 23.9. The van der Waals surface area contributed by atoms with Crippen LogP contribution in [0.2, 0.25) is 10.0 Å². The van der Waals surface area contributed by atoms with Gasteiger partial charge in [-0.05, 0) is 12.1 Å². The average molecular weight is 496 g/mol. The Hall–Kier alpha value is -2.37. The molecule has 1 heterocycles. The fraction of sp³-hybridized carbons (Fsp3) is 0.286. The van der Waals surface area contributed by atoms with Crippen molar-refractivity contribution in [1.29, 1.82) is 5.26 Å². The van der Waals surface area contributed by atoms with Crippen LogP contribution in [-0.2, 0) is 16.2 Å². The molecule has 0 aliphatic heterocycles. The van der Waals surface area contributed by atoms with Crippen molar-refractivity contribution in [2.45, 2.75) is 12.4 Å². The first-order chi connectivity index (χ1) is 13.5. The Labute approximate surface area is 175 Å². The van der Waals surface area contributed by atoms with Gasteiger partial charge in [0.1, 0.15) is 24.0 Å². The van der Waals surface area contributed by atoms with Gasteiger partial charge in [-0.2, -0.15) is 36.7 Å². The van der Waals surface area contributed by atoms with Gasteiger partial charge in [0.25, 0.3) is 0 Å². The Morgan fingerprint density at radius 2 is 1.70 bits per heavy atom. The molecule has 1 aromatic heterocycles. The van der Waals surface area contributed by atoms with Crippen LogP contribution in [-0.4, -0.2) is 37.2 Å².